The summed E-state index contributed by atoms with van der Waals surface area (Å²) in [7, 11) is 0. The van der Waals surface area contributed by atoms with Gasteiger partial charge in [-0.05, 0) is 72.6 Å². The summed E-state index contributed by atoms with van der Waals surface area (Å²) in [5, 5.41) is 19.0. The molecule has 10 heteroatoms. The van der Waals surface area contributed by atoms with Crippen molar-refractivity contribution in [2.75, 3.05) is 60.9 Å². The van der Waals surface area contributed by atoms with E-state index in [1.54, 1.807) is 0 Å². The first kappa shape index (κ1) is 21.6. The number of fused-ring (bicyclic) bond motifs is 1. The van der Waals surface area contributed by atoms with Gasteiger partial charge >= 0.3 is 0 Å². The van der Waals surface area contributed by atoms with Crippen LogP contribution >= 0.6 is 0 Å². The molecule has 2 saturated heterocycles. The molecule has 1 amide bonds. The molecule has 0 unspecified atom stereocenters. The summed E-state index contributed by atoms with van der Waals surface area (Å²) in [5.41, 5.74) is 3.87. The maximum Gasteiger partial charge on any atom is 0.227 e. The zero-order chi connectivity index (χ0) is 22.8. The number of hydrogen-bond donors (Lipinski definition) is 1. The lowest BCUT2D eigenvalue weighted by molar-refractivity contribution is -0.120. The zero-order valence-electron chi connectivity index (χ0n) is 19.3. The van der Waals surface area contributed by atoms with Gasteiger partial charge in [-0.15, -0.1) is 14.8 Å². The predicted octanol–water partition coefficient (Wildman–Crippen LogP) is 1.82. The summed E-state index contributed by atoms with van der Waals surface area (Å²) in [6.45, 7) is 11.3. The van der Waals surface area contributed by atoms with Crippen LogP contribution in [-0.2, 0) is 4.79 Å². The Hall–Kier alpha value is -3.27. The Bertz CT molecular complexity index is 1110. The molecule has 0 aliphatic carbocycles. The fourth-order valence-electron chi connectivity index (χ4n) is 4.72. The first-order chi connectivity index (χ1) is 16.1. The molecule has 33 heavy (non-hydrogen) atoms. The largest absolute Gasteiger partial charge is 0.369 e. The highest BCUT2D eigenvalue weighted by atomic mass is 16.1. The summed E-state index contributed by atoms with van der Waals surface area (Å²) >= 11 is 0. The number of nitrogens with one attached hydrogen (secondary N) is 1. The second-order valence-corrected chi connectivity index (χ2v) is 8.89. The van der Waals surface area contributed by atoms with E-state index in [0.717, 1.165) is 75.7 Å². The molecule has 2 aromatic heterocycles. The molecular formula is C23H31N9O. The van der Waals surface area contributed by atoms with Crippen LogP contribution in [0.25, 0.3) is 5.65 Å². The normalized spacial score (nSPS) is 18.1. The van der Waals surface area contributed by atoms with Crippen LogP contribution in [0.1, 0.15) is 25.3 Å². The van der Waals surface area contributed by atoms with E-state index in [4.69, 9.17) is 0 Å². The van der Waals surface area contributed by atoms with Gasteiger partial charge in [0.25, 0.3) is 0 Å². The average Bonchev–Trinajstić information content (AvgIpc) is 3.33. The van der Waals surface area contributed by atoms with Crippen LogP contribution in [0.15, 0.2) is 30.3 Å². The van der Waals surface area contributed by atoms with Crippen LogP contribution in [-0.4, -0.2) is 81.9 Å². The van der Waals surface area contributed by atoms with Crippen molar-refractivity contribution < 1.29 is 4.79 Å². The monoisotopic (exact) mass is 449 g/mol. The highest BCUT2D eigenvalue weighted by Gasteiger charge is 2.26. The van der Waals surface area contributed by atoms with Crippen molar-refractivity contribution >= 4 is 28.7 Å². The zero-order valence-corrected chi connectivity index (χ0v) is 19.3. The minimum atomic E-state index is -0.000726. The van der Waals surface area contributed by atoms with E-state index in [1.165, 1.54) is 10.3 Å². The quantitative estimate of drug-likeness (QED) is 0.630. The number of amides is 1. The number of tetrazole rings is 1. The van der Waals surface area contributed by atoms with Crippen LogP contribution in [0.3, 0.4) is 0 Å². The molecule has 5 rings (SSSR count). The standard InChI is InChI=1S/C23H31N9O/c1-3-29-12-14-30(15-13-29)19-4-5-20(17(2)16-19)24-23(33)18-8-10-31(11-9-18)22-7-6-21-25-27-28-32(21)26-22/h4-7,16,18H,3,8-15H2,1-2H3,(H,24,33). The minimum Gasteiger partial charge on any atom is -0.369 e. The van der Waals surface area contributed by atoms with Gasteiger partial charge in [0.15, 0.2) is 11.5 Å². The fraction of sp³-hybridized carbons (Fsp3) is 0.522. The molecule has 0 bridgehead atoms. The van der Waals surface area contributed by atoms with Crippen molar-refractivity contribution in [2.24, 2.45) is 5.92 Å². The molecule has 0 spiro atoms. The molecule has 0 saturated carbocycles. The third kappa shape index (κ3) is 4.61. The molecule has 2 aliphatic heterocycles. The van der Waals surface area contributed by atoms with Crippen molar-refractivity contribution in [2.45, 2.75) is 26.7 Å². The lowest BCUT2D eigenvalue weighted by Gasteiger charge is -2.35. The first-order valence-corrected chi connectivity index (χ1v) is 11.8. The van der Waals surface area contributed by atoms with E-state index in [0.29, 0.717) is 5.65 Å². The number of carbonyl (C=O) groups excluding carboxylic acids is 1. The molecule has 1 N–H and O–H groups in total. The molecule has 2 fully saturated rings. The second-order valence-electron chi connectivity index (χ2n) is 8.89. The van der Waals surface area contributed by atoms with Crippen molar-refractivity contribution in [3.8, 4) is 0 Å². The summed E-state index contributed by atoms with van der Waals surface area (Å²) in [6.07, 6.45) is 1.58. The van der Waals surface area contributed by atoms with Gasteiger partial charge in [-0.25, -0.2) is 0 Å². The predicted molar refractivity (Wildman–Crippen MR) is 128 cm³/mol. The Morgan fingerprint density at radius 3 is 2.55 bits per heavy atom. The lowest BCUT2D eigenvalue weighted by atomic mass is 9.95. The van der Waals surface area contributed by atoms with Crippen LogP contribution in [0.5, 0.6) is 0 Å². The topological polar surface area (TPSA) is 94.8 Å². The number of piperidine rings is 1. The van der Waals surface area contributed by atoms with E-state index in [-0.39, 0.29) is 11.8 Å². The van der Waals surface area contributed by atoms with Crippen LogP contribution < -0.4 is 15.1 Å². The van der Waals surface area contributed by atoms with E-state index >= 15 is 0 Å². The minimum absolute atomic E-state index is 0.000726. The Balaban J connectivity index is 1.16. The third-order valence-corrected chi connectivity index (χ3v) is 6.90. The van der Waals surface area contributed by atoms with Gasteiger partial charge in [0.2, 0.25) is 5.91 Å². The summed E-state index contributed by atoms with van der Waals surface area (Å²) in [5.74, 6) is 0.935. The molecule has 2 aliphatic rings. The Labute approximate surface area is 193 Å². The number of piperazine rings is 1. The molecule has 1 aromatic carbocycles. The molecule has 174 valence electrons. The smallest absolute Gasteiger partial charge is 0.227 e. The number of anilines is 3. The summed E-state index contributed by atoms with van der Waals surface area (Å²) < 4.78 is 1.43. The maximum absolute atomic E-state index is 13.0. The molecule has 10 nitrogen and oxygen atoms in total. The Morgan fingerprint density at radius 2 is 1.82 bits per heavy atom. The number of benzene rings is 1. The first-order valence-electron chi connectivity index (χ1n) is 11.8. The number of hydrogen-bond acceptors (Lipinski definition) is 8. The Kier molecular flexibility index (Phi) is 6.08. The van der Waals surface area contributed by atoms with Crippen LogP contribution in [0, 0.1) is 12.8 Å². The van der Waals surface area contributed by atoms with E-state index in [9.17, 15) is 4.79 Å². The van der Waals surface area contributed by atoms with Crippen molar-refractivity contribution in [3.63, 3.8) is 0 Å². The fourth-order valence-corrected chi connectivity index (χ4v) is 4.72. The van der Waals surface area contributed by atoms with Crippen LogP contribution in [0.4, 0.5) is 17.2 Å². The van der Waals surface area contributed by atoms with Gasteiger partial charge < -0.3 is 20.0 Å². The van der Waals surface area contributed by atoms with Gasteiger partial charge in [-0.3, -0.25) is 4.79 Å². The van der Waals surface area contributed by atoms with Crippen LogP contribution in [0.2, 0.25) is 0 Å². The van der Waals surface area contributed by atoms with Gasteiger partial charge in [0.1, 0.15) is 0 Å². The third-order valence-electron chi connectivity index (χ3n) is 6.90. The summed E-state index contributed by atoms with van der Waals surface area (Å²) in [4.78, 5) is 20.1. The highest BCUT2D eigenvalue weighted by Crippen LogP contribution is 2.27. The summed E-state index contributed by atoms with van der Waals surface area (Å²) in [6, 6.07) is 10.2. The van der Waals surface area contributed by atoms with E-state index in [1.807, 2.05) is 12.1 Å². The number of aromatic nitrogens is 5. The van der Waals surface area contributed by atoms with Crippen molar-refractivity contribution in [1.29, 1.82) is 0 Å². The number of likely N-dealkylation sites (N-methyl/N-ethyl adjacent to an activating group) is 1. The lowest BCUT2D eigenvalue weighted by Crippen LogP contribution is -2.46. The average molecular weight is 450 g/mol. The van der Waals surface area contributed by atoms with E-state index in [2.05, 4.69) is 72.7 Å². The van der Waals surface area contributed by atoms with Crippen molar-refractivity contribution in [3.05, 3.63) is 35.9 Å². The molecule has 0 radical (unpaired) electrons. The number of rotatable bonds is 5. The maximum atomic E-state index is 13.0. The molecule has 3 aromatic rings. The van der Waals surface area contributed by atoms with Gasteiger partial charge in [-0.2, -0.15) is 0 Å². The van der Waals surface area contributed by atoms with Gasteiger partial charge in [-0.1, -0.05) is 6.92 Å². The van der Waals surface area contributed by atoms with Gasteiger partial charge in [0.05, 0.1) is 0 Å². The van der Waals surface area contributed by atoms with Gasteiger partial charge in [0, 0.05) is 56.6 Å². The number of carbonyl (C=O) groups is 1. The molecule has 4 heterocycles. The number of nitrogens with zero attached hydrogens (tertiary/aromatic N) is 8. The number of aryl methyl sites for hydroxylation is 1. The molecule has 0 atom stereocenters. The molecular weight excluding hydrogens is 418 g/mol. The highest BCUT2D eigenvalue weighted by molar-refractivity contribution is 5.93. The second kappa shape index (κ2) is 9.30. The van der Waals surface area contributed by atoms with E-state index < -0.39 is 0 Å². The van der Waals surface area contributed by atoms with Crippen molar-refractivity contribution in [1.82, 2.24) is 30.2 Å². The SMILES string of the molecule is CCN1CCN(c2ccc(NC(=O)C3CCN(c4ccc5nnnn5n4)CC3)c(C)c2)CC1. The Morgan fingerprint density at radius 1 is 1.03 bits per heavy atom.